The maximum absolute atomic E-state index is 9.56. The van der Waals surface area contributed by atoms with Gasteiger partial charge in [-0.05, 0) is 41.0 Å². The molecule has 0 aliphatic carbocycles. The van der Waals surface area contributed by atoms with Crippen LogP contribution in [0, 0.1) is 0 Å². The molecule has 0 saturated heterocycles. The summed E-state index contributed by atoms with van der Waals surface area (Å²) in [6.45, 7) is 0.744. The minimum atomic E-state index is 0.0177. The first-order chi connectivity index (χ1) is 13.3. The highest BCUT2D eigenvalue weighted by molar-refractivity contribution is 5.85. The first-order valence-corrected chi connectivity index (χ1v) is 8.93. The Bertz CT molecular complexity index is 1050. The molecule has 0 radical (unpaired) electrons. The number of aromatic nitrogens is 3. The van der Waals surface area contributed by atoms with Crippen LogP contribution in [0.25, 0.3) is 22.0 Å². The molecule has 5 heteroatoms. The minimum Gasteiger partial charge on any atom is -0.392 e. The highest BCUT2D eigenvalue weighted by Gasteiger charge is 2.06. The Morgan fingerprint density at radius 2 is 1.81 bits per heavy atom. The Labute approximate surface area is 157 Å². The van der Waals surface area contributed by atoms with Crippen LogP contribution in [0.5, 0.6) is 0 Å². The lowest BCUT2D eigenvalue weighted by molar-refractivity contribution is 0.282. The summed E-state index contributed by atoms with van der Waals surface area (Å²) in [7, 11) is 0. The first kappa shape index (κ1) is 17.1. The van der Waals surface area contributed by atoms with Crippen LogP contribution < -0.4 is 5.32 Å². The van der Waals surface area contributed by atoms with Crippen LogP contribution in [0.4, 0.5) is 5.95 Å². The number of nitrogens with one attached hydrogen (secondary N) is 1. The highest BCUT2D eigenvalue weighted by atomic mass is 16.3. The molecule has 2 aromatic heterocycles. The summed E-state index contributed by atoms with van der Waals surface area (Å²) >= 11 is 0. The number of hydrogen-bond acceptors (Lipinski definition) is 5. The normalized spacial score (nSPS) is 10.9. The molecule has 5 nitrogen and oxygen atoms in total. The number of hydrogen-bond donors (Lipinski definition) is 2. The Hall–Kier alpha value is -3.31. The fourth-order valence-electron chi connectivity index (χ4n) is 3.07. The molecule has 0 aliphatic rings. The summed E-state index contributed by atoms with van der Waals surface area (Å²) in [5.41, 5.74) is 4.91. The third kappa shape index (κ3) is 3.93. The summed E-state index contributed by atoms with van der Waals surface area (Å²) in [5, 5.41) is 13.8. The summed E-state index contributed by atoms with van der Waals surface area (Å²) in [6, 6.07) is 19.8. The minimum absolute atomic E-state index is 0.0177. The number of nitrogens with zero attached hydrogens (tertiary/aromatic N) is 3. The van der Waals surface area contributed by atoms with Gasteiger partial charge in [0.1, 0.15) is 0 Å². The fraction of sp³-hybridized carbons (Fsp3) is 0.136. The van der Waals surface area contributed by atoms with Gasteiger partial charge < -0.3 is 10.4 Å². The van der Waals surface area contributed by atoms with Crippen LogP contribution in [0.1, 0.15) is 11.3 Å². The van der Waals surface area contributed by atoms with E-state index in [2.05, 4.69) is 26.3 Å². The van der Waals surface area contributed by atoms with E-state index in [1.807, 2.05) is 60.8 Å². The standard InChI is InChI=1S/C22H20N4O/c27-15-17-5-1-2-7-20(17)16-8-9-21-18(13-16)14-25-22(26-21)24-12-10-19-6-3-4-11-23-19/h1-9,11,13-14,27H,10,12,15H2,(H,24,25,26). The average molecular weight is 356 g/mol. The lowest BCUT2D eigenvalue weighted by atomic mass is 9.99. The summed E-state index contributed by atoms with van der Waals surface area (Å²) in [6.07, 6.45) is 4.45. The van der Waals surface area contributed by atoms with E-state index >= 15 is 0 Å². The quantitative estimate of drug-likeness (QED) is 0.549. The number of aliphatic hydroxyl groups excluding tert-OH is 1. The Morgan fingerprint density at radius 1 is 0.926 bits per heavy atom. The molecule has 4 aromatic rings. The molecule has 2 N–H and O–H groups in total. The maximum Gasteiger partial charge on any atom is 0.223 e. The monoisotopic (exact) mass is 356 g/mol. The van der Waals surface area contributed by atoms with Crippen LogP contribution in [0.15, 0.2) is 73.1 Å². The molecule has 2 heterocycles. The molecule has 27 heavy (non-hydrogen) atoms. The van der Waals surface area contributed by atoms with Gasteiger partial charge >= 0.3 is 0 Å². The van der Waals surface area contributed by atoms with Gasteiger partial charge in [-0.15, -0.1) is 0 Å². The molecule has 0 fully saturated rings. The third-order valence-electron chi connectivity index (χ3n) is 4.47. The van der Waals surface area contributed by atoms with Gasteiger partial charge in [0.15, 0.2) is 0 Å². The van der Waals surface area contributed by atoms with Crippen molar-refractivity contribution in [2.75, 3.05) is 11.9 Å². The second kappa shape index (κ2) is 7.93. The Kier molecular flexibility index (Phi) is 5.03. The lowest BCUT2D eigenvalue weighted by Gasteiger charge is -2.09. The van der Waals surface area contributed by atoms with Gasteiger partial charge in [0.05, 0.1) is 12.1 Å². The molecule has 134 valence electrons. The van der Waals surface area contributed by atoms with Crippen molar-refractivity contribution in [1.82, 2.24) is 15.0 Å². The zero-order valence-corrected chi connectivity index (χ0v) is 14.8. The van der Waals surface area contributed by atoms with E-state index in [1.54, 1.807) is 6.20 Å². The molecule has 0 amide bonds. The highest BCUT2D eigenvalue weighted by Crippen LogP contribution is 2.27. The van der Waals surface area contributed by atoms with Gasteiger partial charge in [0, 0.05) is 36.4 Å². The molecule has 0 spiro atoms. The molecule has 0 bridgehead atoms. The van der Waals surface area contributed by atoms with Gasteiger partial charge in [-0.3, -0.25) is 4.98 Å². The smallest absolute Gasteiger partial charge is 0.223 e. The van der Waals surface area contributed by atoms with Crippen molar-refractivity contribution < 1.29 is 5.11 Å². The van der Waals surface area contributed by atoms with Crippen molar-refractivity contribution in [3.05, 3.63) is 84.3 Å². The second-order valence-corrected chi connectivity index (χ2v) is 6.28. The van der Waals surface area contributed by atoms with Crippen LogP contribution in [-0.4, -0.2) is 26.6 Å². The molecule has 2 aromatic carbocycles. The van der Waals surface area contributed by atoms with E-state index < -0.39 is 0 Å². The fourth-order valence-corrected chi connectivity index (χ4v) is 3.07. The molecule has 0 aliphatic heterocycles. The van der Waals surface area contributed by atoms with Crippen molar-refractivity contribution in [2.24, 2.45) is 0 Å². The molecule has 0 atom stereocenters. The van der Waals surface area contributed by atoms with E-state index in [-0.39, 0.29) is 6.61 Å². The van der Waals surface area contributed by atoms with Crippen molar-refractivity contribution >= 4 is 16.9 Å². The predicted octanol–water partition coefficient (Wildman–Crippen LogP) is 3.84. The van der Waals surface area contributed by atoms with Crippen molar-refractivity contribution in [1.29, 1.82) is 0 Å². The van der Waals surface area contributed by atoms with Crippen LogP contribution in [0.2, 0.25) is 0 Å². The number of pyridine rings is 1. The largest absolute Gasteiger partial charge is 0.392 e. The van der Waals surface area contributed by atoms with Crippen molar-refractivity contribution in [3.63, 3.8) is 0 Å². The SMILES string of the molecule is OCc1ccccc1-c1ccc2nc(NCCc3ccccn3)ncc2c1. The summed E-state index contributed by atoms with van der Waals surface area (Å²) in [4.78, 5) is 13.3. The van der Waals surface area contributed by atoms with Gasteiger partial charge in [0.25, 0.3) is 0 Å². The number of anilines is 1. The third-order valence-corrected chi connectivity index (χ3v) is 4.47. The summed E-state index contributed by atoms with van der Waals surface area (Å²) < 4.78 is 0. The van der Waals surface area contributed by atoms with Crippen LogP contribution in [0.3, 0.4) is 0 Å². The van der Waals surface area contributed by atoms with Crippen molar-refractivity contribution in [2.45, 2.75) is 13.0 Å². The topological polar surface area (TPSA) is 70.9 Å². The van der Waals surface area contributed by atoms with Gasteiger partial charge in [0.2, 0.25) is 5.95 Å². The van der Waals surface area contributed by atoms with Gasteiger partial charge in [-0.2, -0.15) is 0 Å². The van der Waals surface area contributed by atoms with Gasteiger partial charge in [-0.25, -0.2) is 9.97 Å². The molecule has 0 unspecified atom stereocenters. The second-order valence-electron chi connectivity index (χ2n) is 6.28. The maximum atomic E-state index is 9.56. The molecular weight excluding hydrogens is 336 g/mol. The zero-order valence-electron chi connectivity index (χ0n) is 14.8. The average Bonchev–Trinajstić information content (AvgIpc) is 2.74. The van der Waals surface area contributed by atoms with Crippen LogP contribution >= 0.6 is 0 Å². The molecular formula is C22H20N4O. The molecule has 4 rings (SSSR count). The van der Waals surface area contributed by atoms with E-state index in [0.29, 0.717) is 5.95 Å². The Morgan fingerprint density at radius 3 is 2.67 bits per heavy atom. The lowest BCUT2D eigenvalue weighted by Crippen LogP contribution is -2.08. The van der Waals surface area contributed by atoms with E-state index in [9.17, 15) is 5.11 Å². The predicted molar refractivity (Wildman–Crippen MR) is 107 cm³/mol. The number of benzene rings is 2. The number of fused-ring (bicyclic) bond motifs is 1. The Balaban J connectivity index is 1.52. The van der Waals surface area contributed by atoms with Crippen LogP contribution in [-0.2, 0) is 13.0 Å². The number of rotatable bonds is 6. The molecule has 0 saturated carbocycles. The van der Waals surface area contributed by atoms with E-state index in [0.717, 1.165) is 46.3 Å². The number of aliphatic hydroxyl groups is 1. The summed E-state index contributed by atoms with van der Waals surface area (Å²) in [5.74, 6) is 0.613. The first-order valence-electron chi connectivity index (χ1n) is 8.93. The van der Waals surface area contributed by atoms with E-state index in [1.165, 1.54) is 0 Å². The zero-order chi connectivity index (χ0) is 18.5. The van der Waals surface area contributed by atoms with Crippen molar-refractivity contribution in [3.8, 4) is 11.1 Å². The van der Waals surface area contributed by atoms with Gasteiger partial charge in [-0.1, -0.05) is 36.4 Å². The van der Waals surface area contributed by atoms with E-state index in [4.69, 9.17) is 0 Å².